The van der Waals surface area contributed by atoms with Crippen molar-refractivity contribution in [2.24, 2.45) is 5.92 Å². The van der Waals surface area contributed by atoms with E-state index in [2.05, 4.69) is 5.32 Å². The first-order valence-corrected chi connectivity index (χ1v) is 7.12. The number of nitrogens with one attached hydrogen (secondary N) is 1. The van der Waals surface area contributed by atoms with E-state index in [1.54, 1.807) is 0 Å². The van der Waals surface area contributed by atoms with Gasteiger partial charge in [-0.1, -0.05) is 42.5 Å². The SMILES string of the molecule is O=C(Cc1cccc2ccccc12)NC1CC(C(=O)O)C1. The molecule has 0 atom stereocenters. The number of aliphatic carboxylic acids is 1. The summed E-state index contributed by atoms with van der Waals surface area (Å²) in [5.74, 6) is -1.11. The van der Waals surface area contributed by atoms with E-state index in [4.69, 9.17) is 5.11 Å². The Kier molecular flexibility index (Phi) is 3.60. The fourth-order valence-corrected chi connectivity index (χ4v) is 2.84. The highest BCUT2D eigenvalue weighted by Crippen LogP contribution is 2.27. The van der Waals surface area contributed by atoms with Gasteiger partial charge in [0.05, 0.1) is 12.3 Å². The molecule has 1 aliphatic carbocycles. The molecule has 1 fully saturated rings. The van der Waals surface area contributed by atoms with E-state index < -0.39 is 5.97 Å². The number of rotatable bonds is 4. The molecule has 0 unspecified atom stereocenters. The average molecular weight is 283 g/mol. The lowest BCUT2D eigenvalue weighted by molar-refractivity contribution is -0.146. The number of carboxylic acid groups (broad SMARTS) is 1. The monoisotopic (exact) mass is 283 g/mol. The maximum Gasteiger partial charge on any atom is 0.306 e. The summed E-state index contributed by atoms with van der Waals surface area (Å²) >= 11 is 0. The second-order valence-electron chi connectivity index (χ2n) is 5.59. The summed E-state index contributed by atoms with van der Waals surface area (Å²) in [5, 5.41) is 14.0. The molecule has 0 bridgehead atoms. The van der Waals surface area contributed by atoms with Crippen molar-refractivity contribution in [3.05, 3.63) is 48.0 Å². The van der Waals surface area contributed by atoms with E-state index in [0.29, 0.717) is 19.3 Å². The molecule has 4 nitrogen and oxygen atoms in total. The highest BCUT2D eigenvalue weighted by molar-refractivity contribution is 5.90. The van der Waals surface area contributed by atoms with Crippen molar-refractivity contribution in [2.75, 3.05) is 0 Å². The minimum Gasteiger partial charge on any atom is -0.481 e. The second-order valence-corrected chi connectivity index (χ2v) is 5.59. The Morgan fingerprint density at radius 1 is 1.10 bits per heavy atom. The summed E-state index contributed by atoms with van der Waals surface area (Å²) in [5.41, 5.74) is 1.000. The Morgan fingerprint density at radius 3 is 2.57 bits per heavy atom. The predicted octanol–water partition coefficient (Wildman–Crippen LogP) is 2.36. The molecule has 0 heterocycles. The Balaban J connectivity index is 1.63. The van der Waals surface area contributed by atoms with Crippen LogP contribution in [0.3, 0.4) is 0 Å². The molecular weight excluding hydrogens is 266 g/mol. The first kappa shape index (κ1) is 13.6. The summed E-state index contributed by atoms with van der Waals surface area (Å²) < 4.78 is 0. The highest BCUT2D eigenvalue weighted by atomic mass is 16.4. The molecule has 2 aromatic rings. The van der Waals surface area contributed by atoms with Crippen LogP contribution >= 0.6 is 0 Å². The van der Waals surface area contributed by atoms with Crippen LogP contribution < -0.4 is 5.32 Å². The van der Waals surface area contributed by atoms with Gasteiger partial charge in [-0.25, -0.2) is 0 Å². The van der Waals surface area contributed by atoms with E-state index in [9.17, 15) is 9.59 Å². The van der Waals surface area contributed by atoms with Crippen LogP contribution in [0.15, 0.2) is 42.5 Å². The Hall–Kier alpha value is -2.36. The number of benzene rings is 2. The van der Waals surface area contributed by atoms with Gasteiger partial charge in [0.1, 0.15) is 0 Å². The zero-order valence-electron chi connectivity index (χ0n) is 11.6. The maximum atomic E-state index is 12.1. The Morgan fingerprint density at radius 2 is 1.81 bits per heavy atom. The summed E-state index contributed by atoms with van der Waals surface area (Å²) in [7, 11) is 0. The first-order valence-electron chi connectivity index (χ1n) is 7.12. The lowest BCUT2D eigenvalue weighted by Crippen LogP contribution is -2.47. The molecule has 1 amide bonds. The maximum absolute atomic E-state index is 12.1. The standard InChI is InChI=1S/C17H17NO3/c19-16(18-14-8-13(9-14)17(20)21)10-12-6-3-5-11-4-1-2-7-15(11)12/h1-7,13-14H,8-10H2,(H,18,19)(H,20,21). The van der Waals surface area contributed by atoms with Gasteiger partial charge in [-0.15, -0.1) is 0 Å². The molecular formula is C17H17NO3. The zero-order chi connectivity index (χ0) is 14.8. The lowest BCUT2D eigenvalue weighted by Gasteiger charge is -2.32. The average Bonchev–Trinajstić information content (AvgIpc) is 2.42. The third-order valence-electron chi connectivity index (χ3n) is 4.08. The molecule has 0 radical (unpaired) electrons. The molecule has 3 rings (SSSR count). The molecule has 0 aliphatic heterocycles. The Labute approximate surface area is 122 Å². The predicted molar refractivity (Wildman–Crippen MR) is 79.9 cm³/mol. The van der Waals surface area contributed by atoms with E-state index in [-0.39, 0.29) is 17.9 Å². The number of fused-ring (bicyclic) bond motifs is 1. The van der Waals surface area contributed by atoms with Crippen LogP contribution in [-0.4, -0.2) is 23.0 Å². The van der Waals surface area contributed by atoms with E-state index in [1.807, 2.05) is 42.5 Å². The van der Waals surface area contributed by atoms with Crippen LogP contribution in [-0.2, 0) is 16.0 Å². The van der Waals surface area contributed by atoms with Crippen molar-refractivity contribution in [1.29, 1.82) is 0 Å². The van der Waals surface area contributed by atoms with Crippen molar-refractivity contribution < 1.29 is 14.7 Å². The van der Waals surface area contributed by atoms with Crippen LogP contribution in [0.5, 0.6) is 0 Å². The van der Waals surface area contributed by atoms with Crippen LogP contribution in [0.25, 0.3) is 10.8 Å². The minimum absolute atomic E-state index is 0.00794. The summed E-state index contributed by atoms with van der Waals surface area (Å²) in [4.78, 5) is 22.8. The van der Waals surface area contributed by atoms with Gasteiger partial charge in [-0.05, 0) is 29.2 Å². The number of carbonyl (C=O) groups excluding carboxylic acids is 1. The van der Waals surface area contributed by atoms with Crippen LogP contribution in [0.2, 0.25) is 0 Å². The molecule has 0 aromatic heterocycles. The molecule has 0 spiro atoms. The third kappa shape index (κ3) is 2.89. The third-order valence-corrected chi connectivity index (χ3v) is 4.08. The van der Waals surface area contributed by atoms with Crippen LogP contribution in [0.4, 0.5) is 0 Å². The minimum atomic E-state index is -0.769. The number of hydrogen-bond donors (Lipinski definition) is 2. The van der Waals surface area contributed by atoms with E-state index in [1.165, 1.54) is 0 Å². The van der Waals surface area contributed by atoms with Crippen molar-refractivity contribution in [3.63, 3.8) is 0 Å². The fourth-order valence-electron chi connectivity index (χ4n) is 2.84. The molecule has 2 N–H and O–H groups in total. The van der Waals surface area contributed by atoms with Crippen molar-refractivity contribution in [3.8, 4) is 0 Å². The van der Waals surface area contributed by atoms with Gasteiger partial charge in [-0.2, -0.15) is 0 Å². The number of carboxylic acids is 1. The fraction of sp³-hybridized carbons (Fsp3) is 0.294. The smallest absolute Gasteiger partial charge is 0.306 e. The summed E-state index contributed by atoms with van der Waals surface area (Å²) in [6.07, 6.45) is 1.41. The zero-order valence-corrected chi connectivity index (χ0v) is 11.6. The van der Waals surface area contributed by atoms with Gasteiger partial charge in [-0.3, -0.25) is 9.59 Å². The number of hydrogen-bond acceptors (Lipinski definition) is 2. The molecule has 4 heteroatoms. The molecule has 1 saturated carbocycles. The summed E-state index contributed by atoms with van der Waals surface area (Å²) in [6, 6.07) is 13.9. The van der Waals surface area contributed by atoms with Gasteiger partial charge in [0.15, 0.2) is 0 Å². The van der Waals surface area contributed by atoms with Gasteiger partial charge in [0, 0.05) is 6.04 Å². The van der Waals surface area contributed by atoms with Crippen molar-refractivity contribution in [1.82, 2.24) is 5.32 Å². The van der Waals surface area contributed by atoms with Gasteiger partial charge in [0.2, 0.25) is 5.91 Å². The van der Waals surface area contributed by atoms with Gasteiger partial charge < -0.3 is 10.4 Å². The van der Waals surface area contributed by atoms with Crippen LogP contribution in [0, 0.1) is 5.92 Å². The molecule has 21 heavy (non-hydrogen) atoms. The van der Waals surface area contributed by atoms with Gasteiger partial charge >= 0.3 is 5.97 Å². The normalized spacial score (nSPS) is 20.8. The number of carbonyl (C=O) groups is 2. The molecule has 108 valence electrons. The molecule has 2 aromatic carbocycles. The number of amides is 1. The van der Waals surface area contributed by atoms with Crippen molar-refractivity contribution >= 4 is 22.6 Å². The van der Waals surface area contributed by atoms with Gasteiger partial charge in [0.25, 0.3) is 0 Å². The second kappa shape index (κ2) is 5.56. The van der Waals surface area contributed by atoms with E-state index >= 15 is 0 Å². The lowest BCUT2D eigenvalue weighted by atomic mass is 9.80. The highest BCUT2D eigenvalue weighted by Gasteiger charge is 2.35. The summed E-state index contributed by atoms with van der Waals surface area (Å²) in [6.45, 7) is 0. The largest absolute Gasteiger partial charge is 0.481 e. The molecule has 0 saturated heterocycles. The Bertz CT molecular complexity index is 684. The topological polar surface area (TPSA) is 66.4 Å². The van der Waals surface area contributed by atoms with E-state index in [0.717, 1.165) is 16.3 Å². The molecule has 1 aliphatic rings. The van der Waals surface area contributed by atoms with Crippen LogP contribution in [0.1, 0.15) is 18.4 Å². The quantitative estimate of drug-likeness (QED) is 0.905. The van der Waals surface area contributed by atoms with Crippen molar-refractivity contribution in [2.45, 2.75) is 25.3 Å². The first-order chi connectivity index (χ1) is 10.1.